The normalized spacial score (nSPS) is 19.8. The molecule has 0 radical (unpaired) electrons. The summed E-state index contributed by atoms with van der Waals surface area (Å²) in [4.78, 5) is 2.15. The maximum absolute atomic E-state index is 13.0. The summed E-state index contributed by atoms with van der Waals surface area (Å²) in [5.41, 5.74) is 0.720. The van der Waals surface area contributed by atoms with Crippen molar-refractivity contribution in [3.63, 3.8) is 0 Å². The van der Waals surface area contributed by atoms with E-state index >= 15 is 0 Å². The van der Waals surface area contributed by atoms with Crippen molar-refractivity contribution >= 4 is 5.82 Å². The van der Waals surface area contributed by atoms with Crippen molar-refractivity contribution in [2.45, 2.75) is 12.2 Å². The second kappa shape index (κ2) is 8.14. The molecule has 3 rings (SSSR count). The van der Waals surface area contributed by atoms with Crippen molar-refractivity contribution in [1.29, 1.82) is 0 Å². The van der Waals surface area contributed by atoms with Crippen molar-refractivity contribution in [3.8, 4) is 0 Å². The molecule has 2 atom stereocenters. The molecule has 128 valence electrons. The van der Waals surface area contributed by atoms with E-state index in [2.05, 4.69) is 20.4 Å². The molecule has 1 aliphatic rings. The van der Waals surface area contributed by atoms with E-state index in [4.69, 9.17) is 4.74 Å². The summed E-state index contributed by atoms with van der Waals surface area (Å²) in [5, 5.41) is 21.3. The molecule has 2 N–H and O–H groups in total. The molecule has 1 aromatic carbocycles. The highest BCUT2D eigenvalue weighted by Crippen LogP contribution is 2.17. The van der Waals surface area contributed by atoms with E-state index in [1.807, 2.05) is 12.1 Å². The third kappa shape index (κ3) is 4.70. The van der Waals surface area contributed by atoms with Gasteiger partial charge in [0.05, 0.1) is 18.8 Å². The van der Waals surface area contributed by atoms with Gasteiger partial charge in [0.25, 0.3) is 0 Å². The number of aliphatic hydroxyl groups is 1. The van der Waals surface area contributed by atoms with Crippen LogP contribution in [0.25, 0.3) is 0 Å². The van der Waals surface area contributed by atoms with Gasteiger partial charge >= 0.3 is 0 Å². The van der Waals surface area contributed by atoms with Crippen molar-refractivity contribution in [2.75, 3.05) is 38.1 Å². The quantitative estimate of drug-likeness (QED) is 0.835. The molecule has 6 nitrogen and oxygen atoms in total. The molecule has 1 aromatic heterocycles. The first-order valence-electron chi connectivity index (χ1n) is 8.00. The summed E-state index contributed by atoms with van der Waals surface area (Å²) in [6.45, 7) is 3.22. The molecular weight excluding hydrogens is 311 g/mol. The van der Waals surface area contributed by atoms with Gasteiger partial charge in [0.15, 0.2) is 0 Å². The zero-order chi connectivity index (χ0) is 16.8. The lowest BCUT2D eigenvalue weighted by Crippen LogP contribution is -2.46. The zero-order valence-corrected chi connectivity index (χ0v) is 13.3. The van der Waals surface area contributed by atoms with Gasteiger partial charge in [-0.1, -0.05) is 12.1 Å². The van der Waals surface area contributed by atoms with Crippen LogP contribution in [0.1, 0.15) is 11.7 Å². The Labute approximate surface area is 140 Å². The highest BCUT2D eigenvalue weighted by atomic mass is 19.1. The molecule has 1 aliphatic heterocycles. The largest absolute Gasteiger partial charge is 0.387 e. The van der Waals surface area contributed by atoms with E-state index in [9.17, 15) is 9.50 Å². The van der Waals surface area contributed by atoms with Crippen molar-refractivity contribution in [3.05, 3.63) is 54.0 Å². The van der Waals surface area contributed by atoms with Gasteiger partial charge < -0.3 is 15.2 Å². The lowest BCUT2D eigenvalue weighted by atomic mass is 10.1. The summed E-state index contributed by atoms with van der Waals surface area (Å²) in [5.74, 6) is 0.414. The van der Waals surface area contributed by atoms with Crippen LogP contribution in [0, 0.1) is 5.82 Å². The Morgan fingerprint density at radius 2 is 2.17 bits per heavy atom. The Bertz CT molecular complexity index is 626. The van der Waals surface area contributed by atoms with E-state index in [0.717, 1.165) is 12.1 Å². The molecule has 7 heteroatoms. The van der Waals surface area contributed by atoms with Crippen molar-refractivity contribution in [1.82, 2.24) is 15.1 Å². The molecule has 1 saturated heterocycles. The second-order valence-corrected chi connectivity index (χ2v) is 5.81. The highest BCUT2D eigenvalue weighted by molar-refractivity contribution is 5.31. The average Bonchev–Trinajstić information content (AvgIpc) is 2.62. The molecule has 0 saturated carbocycles. The minimum absolute atomic E-state index is 0.0150. The van der Waals surface area contributed by atoms with Gasteiger partial charge in [0.2, 0.25) is 0 Å². The fourth-order valence-corrected chi connectivity index (χ4v) is 2.72. The number of anilines is 1. The highest BCUT2D eigenvalue weighted by Gasteiger charge is 2.22. The Kier molecular flexibility index (Phi) is 5.68. The first kappa shape index (κ1) is 16.8. The van der Waals surface area contributed by atoms with Crippen LogP contribution in [-0.4, -0.2) is 59.1 Å². The van der Waals surface area contributed by atoms with Crippen LogP contribution in [0.3, 0.4) is 0 Å². The molecule has 0 aliphatic carbocycles. The number of nitrogens with one attached hydrogen (secondary N) is 1. The first-order chi connectivity index (χ1) is 11.7. The van der Waals surface area contributed by atoms with Crippen molar-refractivity contribution < 1.29 is 14.2 Å². The van der Waals surface area contributed by atoms with Crippen LogP contribution in [0.4, 0.5) is 10.2 Å². The average molecular weight is 332 g/mol. The van der Waals surface area contributed by atoms with Gasteiger partial charge in [-0.25, -0.2) is 4.39 Å². The predicted molar refractivity (Wildman–Crippen MR) is 88.1 cm³/mol. The van der Waals surface area contributed by atoms with E-state index < -0.39 is 6.10 Å². The van der Waals surface area contributed by atoms with Crippen LogP contribution in [-0.2, 0) is 4.74 Å². The second-order valence-electron chi connectivity index (χ2n) is 5.81. The number of morpholine rings is 1. The molecule has 0 unspecified atom stereocenters. The first-order valence-corrected chi connectivity index (χ1v) is 8.00. The Morgan fingerprint density at radius 3 is 2.92 bits per heavy atom. The fourth-order valence-electron chi connectivity index (χ4n) is 2.72. The molecule has 0 bridgehead atoms. The van der Waals surface area contributed by atoms with Gasteiger partial charge in [-0.15, -0.1) is 5.10 Å². The third-order valence-corrected chi connectivity index (χ3v) is 3.99. The number of hydrogen-bond donors (Lipinski definition) is 2. The van der Waals surface area contributed by atoms with Crippen LogP contribution in [0.2, 0.25) is 0 Å². The smallest absolute Gasteiger partial charge is 0.148 e. The SMILES string of the molecule is O[C@@H](CN1CCO[C@H](CNc2cccnn2)C1)c1ccc(F)cc1. The summed E-state index contributed by atoms with van der Waals surface area (Å²) >= 11 is 0. The molecule has 0 spiro atoms. The van der Waals surface area contributed by atoms with Crippen LogP contribution >= 0.6 is 0 Å². The van der Waals surface area contributed by atoms with Crippen LogP contribution in [0.5, 0.6) is 0 Å². The maximum Gasteiger partial charge on any atom is 0.148 e. The number of β-amino-alcohol motifs (C(OH)–C–C–N with tert-alkyl or cyclic N) is 1. The third-order valence-electron chi connectivity index (χ3n) is 3.99. The lowest BCUT2D eigenvalue weighted by molar-refractivity contribution is -0.0344. The summed E-state index contributed by atoms with van der Waals surface area (Å²) in [6.07, 6.45) is 0.999. The Balaban J connectivity index is 1.49. The van der Waals surface area contributed by atoms with Crippen LogP contribution < -0.4 is 5.32 Å². The van der Waals surface area contributed by atoms with Crippen LogP contribution in [0.15, 0.2) is 42.6 Å². The summed E-state index contributed by atoms with van der Waals surface area (Å²) in [7, 11) is 0. The van der Waals surface area contributed by atoms with Gasteiger partial charge in [0, 0.05) is 32.4 Å². The van der Waals surface area contributed by atoms with E-state index in [1.54, 1.807) is 18.3 Å². The number of nitrogens with zero attached hydrogens (tertiary/aromatic N) is 3. The molecule has 1 fully saturated rings. The Hall–Kier alpha value is -2.09. The number of aromatic nitrogens is 2. The summed E-state index contributed by atoms with van der Waals surface area (Å²) in [6, 6.07) is 9.65. The molecule has 2 aromatic rings. The maximum atomic E-state index is 13.0. The predicted octanol–water partition coefficient (Wildman–Crippen LogP) is 1.46. The van der Waals surface area contributed by atoms with E-state index in [1.165, 1.54) is 12.1 Å². The summed E-state index contributed by atoms with van der Waals surface area (Å²) < 4.78 is 18.7. The molecule has 24 heavy (non-hydrogen) atoms. The molecule has 0 amide bonds. The van der Waals surface area contributed by atoms with Gasteiger partial charge in [-0.05, 0) is 29.8 Å². The van der Waals surface area contributed by atoms with E-state index in [0.29, 0.717) is 32.1 Å². The minimum atomic E-state index is -0.641. The zero-order valence-electron chi connectivity index (χ0n) is 13.3. The Morgan fingerprint density at radius 1 is 1.33 bits per heavy atom. The number of benzene rings is 1. The topological polar surface area (TPSA) is 70.5 Å². The monoisotopic (exact) mass is 332 g/mol. The molecule has 2 heterocycles. The number of rotatable bonds is 6. The number of halogens is 1. The minimum Gasteiger partial charge on any atom is -0.387 e. The number of ether oxygens (including phenoxy) is 1. The number of aliphatic hydroxyl groups excluding tert-OH is 1. The van der Waals surface area contributed by atoms with Crippen molar-refractivity contribution in [2.24, 2.45) is 0 Å². The molecular formula is C17H21FN4O2. The fraction of sp³-hybridized carbons (Fsp3) is 0.412. The number of hydrogen-bond acceptors (Lipinski definition) is 6. The van der Waals surface area contributed by atoms with Gasteiger partial charge in [-0.3, -0.25) is 4.90 Å². The lowest BCUT2D eigenvalue weighted by Gasteiger charge is -2.34. The van der Waals surface area contributed by atoms with Gasteiger partial charge in [0.1, 0.15) is 11.6 Å². The standard InChI is InChI=1S/C17H21FN4O2/c18-14-5-3-13(4-6-14)16(23)12-22-8-9-24-15(11-22)10-19-17-2-1-7-20-21-17/h1-7,15-16,23H,8-12H2,(H,19,21)/t15-,16+/m1/s1. The van der Waals surface area contributed by atoms with Gasteiger partial charge in [-0.2, -0.15) is 5.10 Å². The van der Waals surface area contributed by atoms with E-state index in [-0.39, 0.29) is 11.9 Å².